The second kappa shape index (κ2) is 4.31. The van der Waals surface area contributed by atoms with E-state index < -0.39 is 11.6 Å². The Morgan fingerprint density at radius 1 is 1.39 bits per heavy atom. The van der Waals surface area contributed by atoms with E-state index in [1.807, 2.05) is 6.07 Å². The number of fused-ring (bicyclic) bond motifs is 1. The van der Waals surface area contributed by atoms with E-state index >= 15 is 0 Å². The van der Waals surface area contributed by atoms with Gasteiger partial charge < -0.3 is 14.9 Å². The number of nitrogens with two attached hydrogens (primary N) is 1. The summed E-state index contributed by atoms with van der Waals surface area (Å²) in [5.41, 5.74) is 6.19. The first-order valence-corrected chi connectivity index (χ1v) is 6.28. The maximum Gasteiger partial charge on any atom is 0.377 e. The molecule has 0 aliphatic rings. The molecule has 2 N–H and O–H groups in total. The minimum atomic E-state index is -0.580. The first kappa shape index (κ1) is 13.0. The largest absolute Gasteiger partial charge is 0.454 e. The molecule has 0 amide bonds. The van der Waals surface area contributed by atoms with Gasteiger partial charge in [0.2, 0.25) is 5.76 Å². The van der Waals surface area contributed by atoms with Gasteiger partial charge in [0.05, 0.1) is 5.69 Å². The van der Waals surface area contributed by atoms with E-state index in [-0.39, 0.29) is 5.76 Å². The van der Waals surface area contributed by atoms with Gasteiger partial charge in [-0.15, -0.1) is 0 Å². The second-order valence-electron chi connectivity index (χ2n) is 4.99. The third-order valence-electron chi connectivity index (χ3n) is 2.27. The van der Waals surface area contributed by atoms with Crippen molar-refractivity contribution in [1.82, 2.24) is 0 Å². The molecule has 0 aliphatic carbocycles. The summed E-state index contributed by atoms with van der Waals surface area (Å²) >= 11 is 3.34. The summed E-state index contributed by atoms with van der Waals surface area (Å²) in [6, 6.07) is 5.40. The highest BCUT2D eigenvalue weighted by atomic mass is 79.9. The molecule has 1 heterocycles. The lowest BCUT2D eigenvalue weighted by atomic mass is 10.2. The van der Waals surface area contributed by atoms with Crippen LogP contribution in [0.5, 0.6) is 0 Å². The lowest BCUT2D eigenvalue weighted by molar-refractivity contribution is 0.00398. The van der Waals surface area contributed by atoms with Crippen LogP contribution in [0, 0.1) is 0 Å². The molecular formula is C13H14BrNO3. The van der Waals surface area contributed by atoms with E-state index in [1.54, 1.807) is 32.9 Å². The van der Waals surface area contributed by atoms with Crippen molar-refractivity contribution in [1.29, 1.82) is 0 Å². The molecular weight excluding hydrogens is 298 g/mol. The second-order valence-corrected chi connectivity index (χ2v) is 5.90. The van der Waals surface area contributed by atoms with Crippen molar-refractivity contribution in [3.63, 3.8) is 0 Å². The molecule has 0 aliphatic heterocycles. The number of hydrogen-bond donors (Lipinski definition) is 1. The Bertz CT molecular complexity index is 610. The number of carbonyl (C=O) groups is 1. The number of rotatable bonds is 1. The maximum absolute atomic E-state index is 11.9. The Balaban J connectivity index is 2.46. The highest BCUT2D eigenvalue weighted by molar-refractivity contribution is 9.10. The van der Waals surface area contributed by atoms with Crippen molar-refractivity contribution in [2.45, 2.75) is 26.4 Å². The molecule has 0 unspecified atom stereocenters. The van der Waals surface area contributed by atoms with Crippen molar-refractivity contribution >= 4 is 38.6 Å². The molecule has 0 saturated heterocycles. The van der Waals surface area contributed by atoms with Gasteiger partial charge >= 0.3 is 5.97 Å². The monoisotopic (exact) mass is 311 g/mol. The lowest BCUT2D eigenvalue weighted by Gasteiger charge is -2.18. The SMILES string of the molecule is CC(C)(C)OC(=O)c1oc2cc(Br)ccc2c1N. The molecule has 1 aromatic carbocycles. The van der Waals surface area contributed by atoms with Crippen molar-refractivity contribution in [3.05, 3.63) is 28.4 Å². The number of benzene rings is 1. The van der Waals surface area contributed by atoms with Crippen LogP contribution < -0.4 is 5.73 Å². The summed E-state index contributed by atoms with van der Waals surface area (Å²) in [7, 11) is 0. The van der Waals surface area contributed by atoms with Crippen molar-refractivity contribution in [3.8, 4) is 0 Å². The summed E-state index contributed by atoms with van der Waals surface area (Å²) in [4.78, 5) is 11.9. The average molecular weight is 312 g/mol. The van der Waals surface area contributed by atoms with Crippen LogP contribution in [0.15, 0.2) is 27.1 Å². The molecule has 96 valence electrons. The summed E-state index contributed by atoms with van der Waals surface area (Å²) < 4.78 is 11.6. The third-order valence-corrected chi connectivity index (χ3v) is 2.77. The summed E-state index contributed by atoms with van der Waals surface area (Å²) in [5.74, 6) is -0.495. The molecule has 5 heteroatoms. The van der Waals surface area contributed by atoms with Gasteiger partial charge in [-0.2, -0.15) is 0 Å². The molecule has 2 rings (SSSR count). The van der Waals surface area contributed by atoms with Crippen LogP contribution in [0.2, 0.25) is 0 Å². The Morgan fingerprint density at radius 3 is 2.67 bits per heavy atom. The van der Waals surface area contributed by atoms with Gasteiger partial charge in [0, 0.05) is 9.86 Å². The molecule has 4 nitrogen and oxygen atoms in total. The lowest BCUT2D eigenvalue weighted by Crippen LogP contribution is -2.24. The van der Waals surface area contributed by atoms with Crippen LogP contribution >= 0.6 is 15.9 Å². The van der Waals surface area contributed by atoms with Gasteiger partial charge in [-0.25, -0.2) is 4.79 Å². The fourth-order valence-electron chi connectivity index (χ4n) is 1.57. The van der Waals surface area contributed by atoms with E-state index in [9.17, 15) is 4.79 Å². The molecule has 2 aromatic rings. The first-order chi connectivity index (χ1) is 8.28. The van der Waals surface area contributed by atoms with Crippen molar-refractivity contribution < 1.29 is 13.9 Å². The van der Waals surface area contributed by atoms with E-state index in [2.05, 4.69) is 15.9 Å². The van der Waals surface area contributed by atoms with E-state index in [4.69, 9.17) is 14.9 Å². The number of carbonyl (C=O) groups excluding carboxylic acids is 1. The van der Waals surface area contributed by atoms with Crippen LogP contribution in [0.3, 0.4) is 0 Å². The average Bonchev–Trinajstić information content (AvgIpc) is 2.53. The third kappa shape index (κ3) is 2.51. The van der Waals surface area contributed by atoms with Gasteiger partial charge in [-0.05, 0) is 39.0 Å². The van der Waals surface area contributed by atoms with Crippen LogP contribution in [-0.4, -0.2) is 11.6 Å². The standard InChI is InChI=1S/C13H14BrNO3/c1-13(2,3)18-12(16)11-10(15)8-5-4-7(14)6-9(8)17-11/h4-6H,15H2,1-3H3. The number of ether oxygens (including phenoxy) is 1. The zero-order chi connectivity index (χ0) is 13.5. The Hall–Kier alpha value is -1.49. The van der Waals surface area contributed by atoms with E-state index in [0.29, 0.717) is 16.7 Å². The summed E-state index contributed by atoms with van der Waals surface area (Å²) in [6.45, 7) is 5.38. The quantitative estimate of drug-likeness (QED) is 0.815. The number of hydrogen-bond acceptors (Lipinski definition) is 4. The number of furan rings is 1. The predicted octanol–water partition coefficient (Wildman–Crippen LogP) is 3.73. The molecule has 0 atom stereocenters. The number of nitrogen functional groups attached to an aromatic ring is 1. The van der Waals surface area contributed by atoms with Crippen LogP contribution in [0.25, 0.3) is 11.0 Å². The van der Waals surface area contributed by atoms with E-state index in [0.717, 1.165) is 4.47 Å². The minimum absolute atomic E-state index is 0.0537. The van der Waals surface area contributed by atoms with Crippen molar-refractivity contribution in [2.75, 3.05) is 5.73 Å². The van der Waals surface area contributed by atoms with Crippen LogP contribution in [-0.2, 0) is 4.74 Å². The zero-order valence-electron chi connectivity index (χ0n) is 10.4. The van der Waals surface area contributed by atoms with E-state index in [1.165, 1.54) is 0 Å². The van der Waals surface area contributed by atoms with Gasteiger partial charge in [-0.1, -0.05) is 15.9 Å². The molecule has 0 radical (unpaired) electrons. The molecule has 0 bridgehead atoms. The molecule has 0 spiro atoms. The molecule has 1 aromatic heterocycles. The molecule has 0 saturated carbocycles. The Labute approximate surface area is 113 Å². The summed E-state index contributed by atoms with van der Waals surface area (Å²) in [6.07, 6.45) is 0. The smallest absolute Gasteiger partial charge is 0.377 e. The van der Waals surface area contributed by atoms with Crippen LogP contribution in [0.1, 0.15) is 31.3 Å². The predicted molar refractivity (Wildman–Crippen MR) is 73.5 cm³/mol. The molecule has 0 fully saturated rings. The maximum atomic E-state index is 11.9. The van der Waals surface area contributed by atoms with Crippen molar-refractivity contribution in [2.24, 2.45) is 0 Å². The minimum Gasteiger partial charge on any atom is -0.454 e. The Kier molecular flexibility index (Phi) is 3.11. The zero-order valence-corrected chi connectivity index (χ0v) is 12.0. The number of halogens is 1. The normalized spacial score (nSPS) is 11.8. The topological polar surface area (TPSA) is 65.5 Å². The van der Waals surface area contributed by atoms with Gasteiger partial charge in [0.25, 0.3) is 0 Å². The first-order valence-electron chi connectivity index (χ1n) is 5.49. The number of anilines is 1. The molecule has 18 heavy (non-hydrogen) atoms. The van der Waals surface area contributed by atoms with Gasteiger partial charge in [0.1, 0.15) is 11.2 Å². The Morgan fingerprint density at radius 2 is 2.06 bits per heavy atom. The summed E-state index contributed by atoms with van der Waals surface area (Å²) in [5, 5.41) is 0.707. The highest BCUT2D eigenvalue weighted by Gasteiger charge is 2.24. The van der Waals surface area contributed by atoms with Crippen LogP contribution in [0.4, 0.5) is 5.69 Å². The fourth-order valence-corrected chi connectivity index (χ4v) is 1.91. The van der Waals surface area contributed by atoms with Gasteiger partial charge in [-0.3, -0.25) is 0 Å². The van der Waals surface area contributed by atoms with Gasteiger partial charge in [0.15, 0.2) is 0 Å². The number of esters is 1. The fraction of sp³-hybridized carbons (Fsp3) is 0.308. The highest BCUT2D eigenvalue weighted by Crippen LogP contribution is 2.31.